The first-order chi connectivity index (χ1) is 8.92. The molecule has 0 atom stereocenters. The Morgan fingerprint density at radius 3 is 2.33 bits per heavy atom. The van der Waals surface area contributed by atoms with Crippen molar-refractivity contribution < 1.29 is 4.42 Å². The Labute approximate surface area is 106 Å². The Bertz CT molecular complexity index is 684. The summed E-state index contributed by atoms with van der Waals surface area (Å²) in [6, 6.07) is 22.3. The summed E-state index contributed by atoms with van der Waals surface area (Å²) in [4.78, 5) is 0. The van der Waals surface area contributed by atoms with E-state index < -0.39 is 0 Å². The van der Waals surface area contributed by atoms with E-state index in [0.29, 0.717) is 0 Å². The summed E-state index contributed by atoms with van der Waals surface area (Å²) >= 11 is 0. The summed E-state index contributed by atoms with van der Waals surface area (Å²) in [5.74, 6) is 0.859. The molecule has 0 aliphatic heterocycles. The van der Waals surface area contributed by atoms with Crippen molar-refractivity contribution in [3.63, 3.8) is 0 Å². The van der Waals surface area contributed by atoms with Crippen molar-refractivity contribution in [3.05, 3.63) is 78.1 Å². The summed E-state index contributed by atoms with van der Waals surface area (Å²) in [7, 11) is 0. The predicted molar refractivity (Wildman–Crippen MR) is 76.0 cm³/mol. The third-order valence-electron chi connectivity index (χ3n) is 2.81. The van der Waals surface area contributed by atoms with Gasteiger partial charge in [0.15, 0.2) is 0 Å². The van der Waals surface area contributed by atoms with Crippen LogP contribution >= 0.6 is 0 Å². The number of fused-ring (bicyclic) bond motifs is 1. The SMILES string of the molecule is C(=Cc1ccc2ccccc2[o+]1)c1ccccc1. The van der Waals surface area contributed by atoms with Crippen molar-refractivity contribution in [2.45, 2.75) is 0 Å². The van der Waals surface area contributed by atoms with Crippen LogP contribution in [0.15, 0.2) is 71.1 Å². The van der Waals surface area contributed by atoms with Crippen molar-refractivity contribution in [1.29, 1.82) is 0 Å². The monoisotopic (exact) mass is 233 g/mol. The fourth-order valence-corrected chi connectivity index (χ4v) is 1.88. The highest BCUT2D eigenvalue weighted by Crippen LogP contribution is 2.17. The van der Waals surface area contributed by atoms with E-state index >= 15 is 0 Å². The minimum Gasteiger partial charge on any atom is -0.208 e. The number of para-hydroxylation sites is 1. The quantitative estimate of drug-likeness (QED) is 0.574. The van der Waals surface area contributed by atoms with Crippen molar-refractivity contribution in [2.75, 3.05) is 0 Å². The molecule has 0 N–H and O–H groups in total. The van der Waals surface area contributed by atoms with Crippen LogP contribution in [0.25, 0.3) is 23.1 Å². The molecule has 1 nitrogen and oxygen atoms in total. The Kier molecular flexibility index (Phi) is 2.89. The smallest absolute Gasteiger partial charge is 0.208 e. The molecule has 3 rings (SSSR count). The second-order valence-corrected chi connectivity index (χ2v) is 4.12. The first kappa shape index (κ1) is 10.7. The van der Waals surface area contributed by atoms with Gasteiger partial charge in [0, 0.05) is 18.2 Å². The Morgan fingerprint density at radius 2 is 1.44 bits per heavy atom. The second-order valence-electron chi connectivity index (χ2n) is 4.12. The van der Waals surface area contributed by atoms with E-state index in [-0.39, 0.29) is 0 Å². The van der Waals surface area contributed by atoms with Crippen molar-refractivity contribution in [2.24, 2.45) is 0 Å². The first-order valence-corrected chi connectivity index (χ1v) is 5.97. The van der Waals surface area contributed by atoms with Gasteiger partial charge in [-0.15, -0.1) is 0 Å². The minimum atomic E-state index is 0.859. The molecule has 18 heavy (non-hydrogen) atoms. The molecule has 0 saturated heterocycles. The minimum absolute atomic E-state index is 0.859. The van der Waals surface area contributed by atoms with Gasteiger partial charge in [-0.1, -0.05) is 42.5 Å². The number of rotatable bonds is 2. The molecule has 2 aromatic carbocycles. The largest absolute Gasteiger partial charge is 0.360 e. The summed E-state index contributed by atoms with van der Waals surface area (Å²) in [5.41, 5.74) is 2.08. The predicted octanol–water partition coefficient (Wildman–Crippen LogP) is 4.88. The lowest BCUT2D eigenvalue weighted by Gasteiger charge is -1.89. The zero-order valence-corrected chi connectivity index (χ0v) is 9.91. The van der Waals surface area contributed by atoms with Crippen LogP contribution in [0.5, 0.6) is 0 Å². The molecule has 1 heterocycles. The fourth-order valence-electron chi connectivity index (χ4n) is 1.88. The number of hydrogen-bond acceptors (Lipinski definition) is 0. The van der Waals surface area contributed by atoms with E-state index in [2.05, 4.69) is 18.2 Å². The molecule has 0 amide bonds. The average molecular weight is 233 g/mol. The Morgan fingerprint density at radius 1 is 0.667 bits per heavy atom. The van der Waals surface area contributed by atoms with Crippen molar-refractivity contribution in [1.82, 2.24) is 0 Å². The third kappa shape index (κ3) is 2.30. The summed E-state index contributed by atoms with van der Waals surface area (Å²) < 4.78 is 5.80. The molecule has 0 spiro atoms. The maximum absolute atomic E-state index is 5.80. The zero-order valence-electron chi connectivity index (χ0n) is 9.91. The van der Waals surface area contributed by atoms with Gasteiger partial charge in [0.25, 0.3) is 0 Å². The molecule has 1 aromatic heterocycles. The van der Waals surface area contributed by atoms with E-state index in [1.54, 1.807) is 0 Å². The lowest BCUT2D eigenvalue weighted by Crippen LogP contribution is -1.75. The molecular formula is C17H13O+. The lowest BCUT2D eigenvalue weighted by atomic mass is 10.2. The van der Waals surface area contributed by atoms with Gasteiger partial charge < -0.3 is 0 Å². The highest BCUT2D eigenvalue weighted by molar-refractivity contribution is 5.78. The standard InChI is InChI=1S/C17H13O/c1-2-6-14(7-3-1)10-12-16-13-11-15-8-4-5-9-17(15)18-16/h1-13H/q+1. The number of benzene rings is 2. The van der Waals surface area contributed by atoms with Crippen molar-refractivity contribution >= 4 is 23.1 Å². The summed E-state index contributed by atoms with van der Waals surface area (Å²) in [6.07, 6.45) is 4.04. The normalized spacial score (nSPS) is 11.1. The van der Waals surface area contributed by atoms with Crippen LogP contribution in [-0.4, -0.2) is 0 Å². The Balaban J connectivity index is 1.93. The van der Waals surface area contributed by atoms with Gasteiger partial charge in [-0.3, -0.25) is 0 Å². The fraction of sp³-hybridized carbons (Fsp3) is 0. The van der Waals surface area contributed by atoms with Crippen LogP contribution in [0.4, 0.5) is 0 Å². The lowest BCUT2D eigenvalue weighted by molar-refractivity contribution is 0.592. The molecule has 0 fully saturated rings. The molecule has 0 bridgehead atoms. The maximum atomic E-state index is 5.80. The third-order valence-corrected chi connectivity index (χ3v) is 2.81. The van der Waals surface area contributed by atoms with Gasteiger partial charge in [-0.2, -0.15) is 0 Å². The van der Waals surface area contributed by atoms with Gasteiger partial charge in [-0.05, 0) is 23.8 Å². The van der Waals surface area contributed by atoms with Crippen LogP contribution in [-0.2, 0) is 0 Å². The molecule has 0 aliphatic rings. The summed E-state index contributed by atoms with van der Waals surface area (Å²) in [6.45, 7) is 0. The van der Waals surface area contributed by atoms with Crippen LogP contribution in [0.1, 0.15) is 11.3 Å². The highest BCUT2D eigenvalue weighted by atomic mass is 16.3. The van der Waals surface area contributed by atoms with Gasteiger partial charge in [-0.25, -0.2) is 4.42 Å². The van der Waals surface area contributed by atoms with Gasteiger partial charge in [0.2, 0.25) is 0 Å². The van der Waals surface area contributed by atoms with E-state index in [1.165, 1.54) is 5.56 Å². The van der Waals surface area contributed by atoms with Crippen LogP contribution in [0, 0.1) is 0 Å². The van der Waals surface area contributed by atoms with Crippen LogP contribution in [0.3, 0.4) is 0 Å². The highest BCUT2D eigenvalue weighted by Gasteiger charge is 2.07. The van der Waals surface area contributed by atoms with E-state index in [9.17, 15) is 0 Å². The molecule has 3 aromatic rings. The topological polar surface area (TPSA) is 11.3 Å². The van der Waals surface area contributed by atoms with Gasteiger partial charge in [0.05, 0.1) is 5.39 Å². The molecule has 1 heteroatoms. The first-order valence-electron chi connectivity index (χ1n) is 5.97. The molecule has 0 aliphatic carbocycles. The van der Waals surface area contributed by atoms with Gasteiger partial charge >= 0.3 is 11.3 Å². The molecular weight excluding hydrogens is 220 g/mol. The van der Waals surface area contributed by atoms with E-state index in [1.807, 2.05) is 60.7 Å². The van der Waals surface area contributed by atoms with E-state index in [4.69, 9.17) is 4.42 Å². The van der Waals surface area contributed by atoms with Crippen LogP contribution in [0.2, 0.25) is 0 Å². The maximum Gasteiger partial charge on any atom is 0.360 e. The molecule has 86 valence electrons. The summed E-state index contributed by atoms with van der Waals surface area (Å²) in [5, 5.41) is 1.12. The number of hydrogen-bond donors (Lipinski definition) is 0. The zero-order chi connectivity index (χ0) is 12.2. The average Bonchev–Trinajstić information content (AvgIpc) is 2.46. The van der Waals surface area contributed by atoms with Gasteiger partial charge in [0.1, 0.15) is 0 Å². The van der Waals surface area contributed by atoms with Crippen LogP contribution < -0.4 is 0 Å². The second kappa shape index (κ2) is 4.84. The molecule has 0 saturated carbocycles. The molecule has 0 radical (unpaired) electrons. The molecule has 0 unspecified atom stereocenters. The van der Waals surface area contributed by atoms with Crippen molar-refractivity contribution in [3.8, 4) is 0 Å². The van der Waals surface area contributed by atoms with E-state index in [0.717, 1.165) is 16.7 Å². The Hall–Kier alpha value is -2.41.